The summed E-state index contributed by atoms with van der Waals surface area (Å²) in [7, 11) is -1.12. The van der Waals surface area contributed by atoms with Crippen LogP contribution in [0.4, 0.5) is 4.39 Å². The van der Waals surface area contributed by atoms with Crippen molar-refractivity contribution in [1.82, 2.24) is 0 Å². The molecule has 92 valence electrons. The van der Waals surface area contributed by atoms with Crippen LogP contribution < -0.4 is 0 Å². The summed E-state index contributed by atoms with van der Waals surface area (Å²) in [6.07, 6.45) is 3.25. The zero-order valence-electron chi connectivity index (χ0n) is 9.52. The van der Waals surface area contributed by atoms with Gasteiger partial charge in [0, 0.05) is 23.0 Å². The molecule has 0 heterocycles. The van der Waals surface area contributed by atoms with E-state index in [0.717, 1.165) is 12.8 Å². The monoisotopic (exact) mass is 254 g/mol. The largest absolute Gasteiger partial charge is 0.299 e. The number of ketones is 1. The summed E-state index contributed by atoms with van der Waals surface area (Å²) in [5, 5.41) is 0. The summed E-state index contributed by atoms with van der Waals surface area (Å²) >= 11 is 0. The van der Waals surface area contributed by atoms with E-state index in [1.54, 1.807) is 12.1 Å². The van der Waals surface area contributed by atoms with Crippen molar-refractivity contribution >= 4 is 16.6 Å². The SMILES string of the molecule is O=C1CCCC1CCS(=O)c1ccc(F)cc1. The third-order valence-corrected chi connectivity index (χ3v) is 4.56. The third kappa shape index (κ3) is 3.22. The van der Waals surface area contributed by atoms with E-state index in [2.05, 4.69) is 0 Å². The van der Waals surface area contributed by atoms with Gasteiger partial charge in [0.1, 0.15) is 11.6 Å². The number of carbonyl (C=O) groups excluding carboxylic acids is 1. The molecule has 0 bridgehead atoms. The molecule has 0 saturated heterocycles. The van der Waals surface area contributed by atoms with Crippen molar-refractivity contribution in [3.8, 4) is 0 Å². The normalized spacial score (nSPS) is 21.7. The number of benzene rings is 1. The zero-order valence-corrected chi connectivity index (χ0v) is 10.3. The molecule has 0 radical (unpaired) electrons. The van der Waals surface area contributed by atoms with E-state index >= 15 is 0 Å². The van der Waals surface area contributed by atoms with Crippen LogP contribution in [0.2, 0.25) is 0 Å². The first kappa shape index (κ1) is 12.4. The van der Waals surface area contributed by atoms with Gasteiger partial charge >= 0.3 is 0 Å². The van der Waals surface area contributed by atoms with Crippen LogP contribution >= 0.6 is 0 Å². The van der Waals surface area contributed by atoms with Gasteiger partial charge in [0.05, 0.1) is 10.8 Å². The van der Waals surface area contributed by atoms with Crippen molar-refractivity contribution in [2.75, 3.05) is 5.75 Å². The third-order valence-electron chi connectivity index (χ3n) is 3.16. The van der Waals surface area contributed by atoms with Gasteiger partial charge in [-0.05, 0) is 43.5 Å². The molecular formula is C13H15FO2S. The molecule has 0 N–H and O–H groups in total. The fourth-order valence-electron chi connectivity index (χ4n) is 2.15. The summed E-state index contributed by atoms with van der Waals surface area (Å²) in [4.78, 5) is 12.1. The Hall–Kier alpha value is -1.03. The number of hydrogen-bond donors (Lipinski definition) is 0. The minimum atomic E-state index is -1.12. The highest BCUT2D eigenvalue weighted by Crippen LogP contribution is 2.25. The van der Waals surface area contributed by atoms with E-state index in [0.29, 0.717) is 29.3 Å². The molecule has 1 aromatic carbocycles. The molecule has 17 heavy (non-hydrogen) atoms. The molecular weight excluding hydrogens is 239 g/mol. The van der Waals surface area contributed by atoms with E-state index < -0.39 is 10.8 Å². The summed E-state index contributed by atoms with van der Waals surface area (Å²) in [6, 6.07) is 5.71. The molecule has 4 heteroatoms. The maximum absolute atomic E-state index is 12.7. The van der Waals surface area contributed by atoms with Crippen LogP contribution in [0.5, 0.6) is 0 Å². The van der Waals surface area contributed by atoms with Crippen molar-refractivity contribution in [3.63, 3.8) is 0 Å². The fraction of sp³-hybridized carbons (Fsp3) is 0.462. The van der Waals surface area contributed by atoms with Crippen LogP contribution in [0, 0.1) is 11.7 Å². The summed E-state index contributed by atoms with van der Waals surface area (Å²) < 4.78 is 24.6. The second-order valence-corrected chi connectivity index (χ2v) is 5.92. The second kappa shape index (κ2) is 5.54. The number of Topliss-reactive ketones (excluding diaryl/α,β-unsaturated/α-hetero) is 1. The number of carbonyl (C=O) groups is 1. The molecule has 0 spiro atoms. The Morgan fingerprint density at radius 1 is 1.29 bits per heavy atom. The van der Waals surface area contributed by atoms with Gasteiger partial charge in [-0.2, -0.15) is 0 Å². The van der Waals surface area contributed by atoms with Crippen molar-refractivity contribution < 1.29 is 13.4 Å². The number of hydrogen-bond acceptors (Lipinski definition) is 2. The topological polar surface area (TPSA) is 34.1 Å². The Morgan fingerprint density at radius 2 is 2.00 bits per heavy atom. The molecule has 0 aliphatic heterocycles. The smallest absolute Gasteiger partial charge is 0.136 e. The van der Waals surface area contributed by atoms with E-state index in [1.807, 2.05) is 0 Å². The van der Waals surface area contributed by atoms with Gasteiger partial charge in [0.15, 0.2) is 0 Å². The van der Waals surface area contributed by atoms with E-state index in [-0.39, 0.29) is 11.7 Å². The summed E-state index contributed by atoms with van der Waals surface area (Å²) in [6.45, 7) is 0. The summed E-state index contributed by atoms with van der Waals surface area (Å²) in [5.74, 6) is 0.569. The molecule has 1 aliphatic rings. The lowest BCUT2D eigenvalue weighted by Crippen LogP contribution is -2.10. The minimum absolute atomic E-state index is 0.0967. The van der Waals surface area contributed by atoms with Gasteiger partial charge in [-0.3, -0.25) is 9.00 Å². The van der Waals surface area contributed by atoms with Crippen molar-refractivity contribution in [2.24, 2.45) is 5.92 Å². The minimum Gasteiger partial charge on any atom is -0.299 e. The zero-order chi connectivity index (χ0) is 12.3. The average Bonchev–Trinajstić information content (AvgIpc) is 2.73. The van der Waals surface area contributed by atoms with Crippen LogP contribution in [0.1, 0.15) is 25.7 Å². The highest BCUT2D eigenvalue weighted by Gasteiger charge is 2.24. The van der Waals surface area contributed by atoms with Gasteiger partial charge in [-0.25, -0.2) is 4.39 Å². The van der Waals surface area contributed by atoms with Gasteiger partial charge in [0.2, 0.25) is 0 Å². The van der Waals surface area contributed by atoms with E-state index in [9.17, 15) is 13.4 Å². The van der Waals surface area contributed by atoms with E-state index in [4.69, 9.17) is 0 Å². The highest BCUT2D eigenvalue weighted by molar-refractivity contribution is 7.85. The van der Waals surface area contributed by atoms with Crippen LogP contribution in [0.3, 0.4) is 0 Å². The first-order valence-electron chi connectivity index (χ1n) is 5.83. The predicted octanol–water partition coefficient (Wildman–Crippen LogP) is 2.69. The average molecular weight is 254 g/mol. The Bertz CT molecular complexity index is 428. The Kier molecular flexibility index (Phi) is 4.05. The molecule has 2 unspecified atom stereocenters. The first-order valence-corrected chi connectivity index (χ1v) is 7.15. The van der Waals surface area contributed by atoms with Crippen LogP contribution in [-0.4, -0.2) is 15.7 Å². The molecule has 1 aromatic rings. The van der Waals surface area contributed by atoms with Gasteiger partial charge in [-0.15, -0.1) is 0 Å². The molecule has 2 nitrogen and oxygen atoms in total. The molecule has 2 atom stereocenters. The lowest BCUT2D eigenvalue weighted by atomic mass is 10.1. The fourth-order valence-corrected chi connectivity index (χ4v) is 3.32. The highest BCUT2D eigenvalue weighted by atomic mass is 32.2. The van der Waals surface area contributed by atoms with Gasteiger partial charge in [0.25, 0.3) is 0 Å². The molecule has 0 aromatic heterocycles. The first-order chi connectivity index (χ1) is 8.16. The van der Waals surface area contributed by atoms with Gasteiger partial charge in [-0.1, -0.05) is 0 Å². The predicted molar refractivity (Wildman–Crippen MR) is 64.6 cm³/mol. The maximum atomic E-state index is 12.7. The molecule has 1 aliphatic carbocycles. The standard InChI is InChI=1S/C13H15FO2S/c14-11-4-6-12(7-5-11)17(16)9-8-10-2-1-3-13(10)15/h4-7,10H,1-3,8-9H2. The lowest BCUT2D eigenvalue weighted by Gasteiger charge is -2.07. The second-order valence-electron chi connectivity index (χ2n) is 4.35. The molecule has 1 fully saturated rings. The van der Waals surface area contributed by atoms with Crippen molar-refractivity contribution in [1.29, 1.82) is 0 Å². The quantitative estimate of drug-likeness (QED) is 0.828. The van der Waals surface area contributed by atoms with Crippen LogP contribution in [-0.2, 0) is 15.6 Å². The van der Waals surface area contributed by atoms with E-state index in [1.165, 1.54) is 12.1 Å². The molecule has 1 saturated carbocycles. The maximum Gasteiger partial charge on any atom is 0.136 e. The molecule has 0 amide bonds. The van der Waals surface area contributed by atoms with Crippen molar-refractivity contribution in [2.45, 2.75) is 30.6 Å². The Balaban J connectivity index is 1.89. The Morgan fingerprint density at radius 3 is 2.59 bits per heavy atom. The molecule has 2 rings (SSSR count). The lowest BCUT2D eigenvalue weighted by molar-refractivity contribution is -0.120. The van der Waals surface area contributed by atoms with Crippen molar-refractivity contribution in [3.05, 3.63) is 30.1 Å². The van der Waals surface area contributed by atoms with Gasteiger partial charge < -0.3 is 0 Å². The number of rotatable bonds is 4. The van der Waals surface area contributed by atoms with Crippen LogP contribution in [0.25, 0.3) is 0 Å². The Labute approximate surface area is 103 Å². The number of halogens is 1. The van der Waals surface area contributed by atoms with Crippen LogP contribution in [0.15, 0.2) is 29.2 Å². The summed E-state index contributed by atoms with van der Waals surface area (Å²) in [5.41, 5.74) is 0.